The number of hydrogen-bond donors (Lipinski definition) is 4. The van der Waals surface area contributed by atoms with Gasteiger partial charge in [-0.3, -0.25) is 4.79 Å². The van der Waals surface area contributed by atoms with E-state index in [4.69, 9.17) is 0 Å². The molecule has 4 aromatic rings. The molecular formula is C28H30N6O5. The number of carbonyl (C=O) groups excluding carboxylic acids is 1. The van der Waals surface area contributed by atoms with Gasteiger partial charge in [0, 0.05) is 18.9 Å². The molecule has 39 heavy (non-hydrogen) atoms. The third-order valence-electron chi connectivity index (χ3n) is 7.22. The van der Waals surface area contributed by atoms with Gasteiger partial charge in [-0.05, 0) is 17.5 Å². The fourth-order valence-corrected chi connectivity index (χ4v) is 5.19. The molecule has 5 rings (SSSR count). The highest BCUT2D eigenvalue weighted by atomic mass is 16.4. The number of fused-ring (bicyclic) bond motifs is 1. The van der Waals surface area contributed by atoms with Gasteiger partial charge in [0.25, 0.3) is 0 Å². The molecule has 2 aromatic carbocycles. The number of carboxylic acid groups (broad SMARTS) is 1. The Bertz CT molecular complexity index is 1410. The molecule has 0 aliphatic heterocycles. The first-order valence-corrected chi connectivity index (χ1v) is 12.8. The summed E-state index contributed by atoms with van der Waals surface area (Å²) in [5.41, 5.74) is 2.69. The van der Waals surface area contributed by atoms with Gasteiger partial charge in [-0.25, -0.2) is 24.4 Å². The molecule has 202 valence electrons. The molecule has 4 N–H and O–H groups in total. The number of carboxylic acids is 1. The Hall–Kier alpha value is -4.35. The number of nitrogens with zero attached hydrogens (tertiary/aromatic N) is 5. The van der Waals surface area contributed by atoms with Crippen molar-refractivity contribution in [2.75, 3.05) is 11.6 Å². The number of aromatic carboxylic acids is 1. The summed E-state index contributed by atoms with van der Waals surface area (Å²) in [4.78, 5) is 36.3. The van der Waals surface area contributed by atoms with E-state index in [1.165, 1.54) is 12.5 Å². The lowest BCUT2D eigenvalue weighted by Gasteiger charge is -2.37. The van der Waals surface area contributed by atoms with Crippen molar-refractivity contribution in [1.82, 2.24) is 24.9 Å². The molecule has 1 amide bonds. The minimum absolute atomic E-state index is 0.167. The molecule has 0 radical (unpaired) electrons. The van der Waals surface area contributed by atoms with E-state index >= 15 is 0 Å². The lowest BCUT2D eigenvalue weighted by molar-refractivity contribution is -0.122. The van der Waals surface area contributed by atoms with Crippen LogP contribution in [-0.2, 0) is 4.79 Å². The second-order valence-electron chi connectivity index (χ2n) is 9.60. The summed E-state index contributed by atoms with van der Waals surface area (Å²) in [6.45, 7) is 2.05. The van der Waals surface area contributed by atoms with E-state index in [2.05, 4.69) is 20.3 Å². The maximum absolute atomic E-state index is 12.1. The molecule has 0 spiro atoms. The maximum Gasteiger partial charge on any atom is 0.374 e. The quantitative estimate of drug-likeness (QED) is 0.253. The molecular weight excluding hydrogens is 500 g/mol. The van der Waals surface area contributed by atoms with E-state index < -0.39 is 30.3 Å². The SMILES string of the molecule is CCC(=O)N[C@H]1C[C@@H](N(CC(c2ccccc2)c2ccccc2)n2cnc3cnc(C(=O)O)nc32)[C@H](O)[C@@H]1O. The molecule has 0 saturated heterocycles. The number of benzene rings is 2. The molecule has 1 aliphatic carbocycles. The number of aromatic nitrogens is 4. The van der Waals surface area contributed by atoms with E-state index in [1.54, 1.807) is 11.6 Å². The maximum atomic E-state index is 12.1. The highest BCUT2D eigenvalue weighted by Gasteiger charge is 2.46. The van der Waals surface area contributed by atoms with Crippen LogP contribution < -0.4 is 10.3 Å². The van der Waals surface area contributed by atoms with Gasteiger partial charge in [0.05, 0.1) is 18.3 Å². The van der Waals surface area contributed by atoms with Crippen LogP contribution in [0.15, 0.2) is 73.2 Å². The molecule has 0 bridgehead atoms. The summed E-state index contributed by atoms with van der Waals surface area (Å²) >= 11 is 0. The van der Waals surface area contributed by atoms with Gasteiger partial charge < -0.3 is 25.6 Å². The number of amides is 1. The summed E-state index contributed by atoms with van der Waals surface area (Å²) in [7, 11) is 0. The van der Waals surface area contributed by atoms with E-state index in [0.29, 0.717) is 12.1 Å². The molecule has 2 aromatic heterocycles. The van der Waals surface area contributed by atoms with Gasteiger partial charge in [0.15, 0.2) is 5.65 Å². The lowest BCUT2D eigenvalue weighted by atomic mass is 9.90. The molecule has 1 aliphatic rings. The molecule has 1 saturated carbocycles. The van der Waals surface area contributed by atoms with Crippen molar-refractivity contribution in [3.05, 3.63) is 90.1 Å². The summed E-state index contributed by atoms with van der Waals surface area (Å²) in [5, 5.41) is 36.3. The average Bonchev–Trinajstić information content (AvgIpc) is 3.50. The van der Waals surface area contributed by atoms with Crippen LogP contribution in [0.3, 0.4) is 0 Å². The van der Waals surface area contributed by atoms with Gasteiger partial charge in [0.2, 0.25) is 11.7 Å². The second-order valence-corrected chi connectivity index (χ2v) is 9.60. The van der Waals surface area contributed by atoms with Crippen LogP contribution in [0.5, 0.6) is 0 Å². The normalized spacial score (nSPS) is 20.8. The van der Waals surface area contributed by atoms with Crippen LogP contribution in [0.4, 0.5) is 0 Å². The number of aliphatic hydroxyl groups excluding tert-OH is 2. The first-order valence-electron chi connectivity index (χ1n) is 12.8. The smallest absolute Gasteiger partial charge is 0.374 e. The monoisotopic (exact) mass is 530 g/mol. The van der Waals surface area contributed by atoms with E-state index in [-0.39, 0.29) is 36.1 Å². The highest BCUT2D eigenvalue weighted by Crippen LogP contribution is 2.31. The number of aliphatic hydroxyl groups is 2. The Balaban J connectivity index is 1.61. The van der Waals surface area contributed by atoms with Crippen molar-refractivity contribution in [3.8, 4) is 0 Å². The molecule has 11 heteroatoms. The van der Waals surface area contributed by atoms with Gasteiger partial charge in [-0.15, -0.1) is 0 Å². The first-order chi connectivity index (χ1) is 18.9. The third kappa shape index (κ3) is 5.31. The number of carbonyl (C=O) groups is 2. The highest BCUT2D eigenvalue weighted by molar-refractivity contribution is 5.85. The fourth-order valence-electron chi connectivity index (χ4n) is 5.19. The van der Waals surface area contributed by atoms with E-state index in [9.17, 15) is 24.9 Å². The van der Waals surface area contributed by atoms with Gasteiger partial charge in [-0.1, -0.05) is 67.6 Å². The number of hydrogen-bond acceptors (Lipinski definition) is 8. The Morgan fingerprint density at radius 3 is 2.26 bits per heavy atom. The summed E-state index contributed by atoms with van der Waals surface area (Å²) in [6.07, 6.45) is 0.947. The largest absolute Gasteiger partial charge is 0.475 e. The first kappa shape index (κ1) is 26.3. The lowest BCUT2D eigenvalue weighted by Crippen LogP contribution is -2.51. The molecule has 1 fully saturated rings. The molecule has 11 nitrogen and oxygen atoms in total. The zero-order valence-corrected chi connectivity index (χ0v) is 21.3. The average molecular weight is 531 g/mol. The Morgan fingerprint density at radius 2 is 1.67 bits per heavy atom. The van der Waals surface area contributed by atoms with Crippen molar-refractivity contribution in [1.29, 1.82) is 0 Å². The summed E-state index contributed by atoms with van der Waals surface area (Å²) < 4.78 is 1.62. The van der Waals surface area contributed by atoms with Crippen LogP contribution in [0.25, 0.3) is 11.2 Å². The van der Waals surface area contributed by atoms with E-state index in [0.717, 1.165) is 11.1 Å². The Labute approximate surface area is 224 Å². The third-order valence-corrected chi connectivity index (χ3v) is 7.22. The van der Waals surface area contributed by atoms with Gasteiger partial charge in [-0.2, -0.15) is 0 Å². The molecule has 0 unspecified atom stereocenters. The Kier molecular flexibility index (Phi) is 7.53. The van der Waals surface area contributed by atoms with Crippen molar-refractivity contribution in [3.63, 3.8) is 0 Å². The van der Waals surface area contributed by atoms with E-state index in [1.807, 2.05) is 65.7 Å². The van der Waals surface area contributed by atoms with Crippen LogP contribution in [-0.4, -0.2) is 77.7 Å². The van der Waals surface area contributed by atoms with Gasteiger partial charge >= 0.3 is 5.97 Å². The number of nitrogens with one attached hydrogen (secondary N) is 1. The zero-order valence-electron chi connectivity index (χ0n) is 21.3. The Morgan fingerprint density at radius 1 is 1.03 bits per heavy atom. The van der Waals surface area contributed by atoms with Crippen LogP contribution in [0.1, 0.15) is 47.4 Å². The van der Waals surface area contributed by atoms with Crippen molar-refractivity contribution >= 4 is 23.0 Å². The van der Waals surface area contributed by atoms with Crippen molar-refractivity contribution in [2.24, 2.45) is 0 Å². The van der Waals surface area contributed by atoms with Crippen molar-refractivity contribution in [2.45, 2.75) is 50.0 Å². The van der Waals surface area contributed by atoms with Crippen LogP contribution >= 0.6 is 0 Å². The summed E-state index contributed by atoms with van der Waals surface area (Å²) in [5.74, 6) is -2.05. The molecule has 2 heterocycles. The van der Waals surface area contributed by atoms with Crippen LogP contribution in [0.2, 0.25) is 0 Å². The molecule has 4 atom stereocenters. The topological polar surface area (TPSA) is 154 Å². The number of imidazole rings is 1. The minimum atomic E-state index is -1.28. The second kappa shape index (κ2) is 11.2. The standard InChI is InChI=1S/C28H30N6O5/c1-2-23(35)31-20-13-22(25(37)24(20)36)33(34-16-30-21-14-29-26(28(38)39)32-27(21)34)15-19(17-9-5-3-6-10-17)18-11-7-4-8-12-18/h3-12,14,16,19-20,22,24-25,36-37H,2,13,15H2,1H3,(H,31,35)(H,38,39)/t20-,22+,24+,25-/m0/s1. The predicted molar refractivity (Wildman–Crippen MR) is 143 cm³/mol. The van der Waals surface area contributed by atoms with Gasteiger partial charge in [0.1, 0.15) is 24.1 Å². The van der Waals surface area contributed by atoms with Crippen molar-refractivity contribution < 1.29 is 24.9 Å². The predicted octanol–water partition coefficient (Wildman–Crippen LogP) is 1.68. The number of rotatable bonds is 9. The fraction of sp³-hybridized carbons (Fsp3) is 0.321. The zero-order chi connectivity index (χ0) is 27.5. The summed E-state index contributed by atoms with van der Waals surface area (Å²) in [6, 6.07) is 18.5. The van der Waals surface area contributed by atoms with Crippen LogP contribution in [0, 0.1) is 0 Å². The minimum Gasteiger partial charge on any atom is -0.475 e.